The van der Waals surface area contributed by atoms with Crippen LogP contribution < -0.4 is 0 Å². The quantitative estimate of drug-likeness (QED) is 0.530. The molecule has 0 saturated carbocycles. The molecule has 1 nitrogen and oxygen atoms in total. The van der Waals surface area contributed by atoms with Gasteiger partial charge in [-0.25, -0.2) is 0 Å². The zero-order valence-electron chi connectivity index (χ0n) is 7.02. The molecule has 0 aliphatic carbocycles. The van der Waals surface area contributed by atoms with Gasteiger partial charge in [-0.15, -0.1) is 0 Å². The van der Waals surface area contributed by atoms with Crippen LogP contribution in [0.1, 0.15) is 27.2 Å². The Bertz CT molecular complexity index is 160. The highest BCUT2D eigenvalue weighted by Gasteiger charge is 1.83. The van der Waals surface area contributed by atoms with Crippen LogP contribution in [0.4, 0.5) is 0 Å². The van der Waals surface area contributed by atoms with Crippen LogP contribution in [0.3, 0.4) is 0 Å². The third-order valence-corrected chi connectivity index (χ3v) is 1.09. The Kier molecular flexibility index (Phi) is 4.55. The summed E-state index contributed by atoms with van der Waals surface area (Å²) >= 11 is 0. The number of aliphatic imine (C=N–C) groups is 1. The van der Waals surface area contributed by atoms with E-state index in [1.807, 2.05) is 20.0 Å². The van der Waals surface area contributed by atoms with Gasteiger partial charge in [-0.3, -0.25) is 4.99 Å². The summed E-state index contributed by atoms with van der Waals surface area (Å²) in [6.07, 6.45) is 4.60. The van der Waals surface area contributed by atoms with Gasteiger partial charge in [0.25, 0.3) is 0 Å². The highest BCUT2D eigenvalue weighted by atomic mass is 14.7. The molecule has 0 aromatic rings. The largest absolute Gasteiger partial charge is 0.261 e. The second kappa shape index (κ2) is 4.98. The number of hydrogen-bond acceptors (Lipinski definition) is 1. The summed E-state index contributed by atoms with van der Waals surface area (Å²) in [5.74, 6) is 0. The Morgan fingerprint density at radius 3 is 2.40 bits per heavy atom. The molecule has 0 bridgehead atoms. The predicted molar refractivity (Wildman–Crippen MR) is 47.4 cm³/mol. The Morgan fingerprint density at radius 2 is 2.10 bits per heavy atom. The van der Waals surface area contributed by atoms with Crippen LogP contribution in [0.5, 0.6) is 0 Å². The minimum absolute atomic E-state index is 0.952. The zero-order chi connectivity index (χ0) is 7.98. The van der Waals surface area contributed by atoms with Crippen molar-refractivity contribution in [2.24, 2.45) is 4.99 Å². The molecule has 56 valence electrons. The van der Waals surface area contributed by atoms with Crippen LogP contribution in [0.2, 0.25) is 0 Å². The van der Waals surface area contributed by atoms with Crippen LogP contribution in [-0.4, -0.2) is 5.71 Å². The van der Waals surface area contributed by atoms with Crippen LogP contribution in [0.25, 0.3) is 0 Å². The first-order valence-corrected chi connectivity index (χ1v) is 3.53. The van der Waals surface area contributed by atoms with E-state index in [0.717, 1.165) is 12.1 Å². The molecule has 0 aromatic heterocycles. The van der Waals surface area contributed by atoms with Gasteiger partial charge in [-0.1, -0.05) is 19.1 Å². The fraction of sp³-hybridized carbons (Fsp3) is 0.444. The van der Waals surface area contributed by atoms with Crippen molar-refractivity contribution in [3.63, 3.8) is 0 Å². The minimum atomic E-state index is 0.952. The lowest BCUT2D eigenvalue weighted by molar-refractivity contribution is 1.26. The number of nitrogens with zero attached hydrogens (tertiary/aromatic N) is 1. The third kappa shape index (κ3) is 4.07. The molecule has 0 aromatic carbocycles. The Balaban J connectivity index is 4.12. The van der Waals surface area contributed by atoms with Crippen molar-refractivity contribution in [2.45, 2.75) is 27.2 Å². The first-order valence-electron chi connectivity index (χ1n) is 3.53. The molecule has 0 amide bonds. The lowest BCUT2D eigenvalue weighted by Gasteiger charge is -1.91. The lowest BCUT2D eigenvalue weighted by Crippen LogP contribution is -1.86. The van der Waals surface area contributed by atoms with Gasteiger partial charge in [0.2, 0.25) is 0 Å². The minimum Gasteiger partial charge on any atom is -0.261 e. The SMILES string of the molecule is C=CC(CC)=NC=C(C)C. The summed E-state index contributed by atoms with van der Waals surface area (Å²) in [7, 11) is 0. The van der Waals surface area contributed by atoms with Crippen molar-refractivity contribution < 1.29 is 0 Å². The average molecular weight is 137 g/mol. The van der Waals surface area contributed by atoms with Crippen molar-refractivity contribution in [1.82, 2.24) is 0 Å². The van der Waals surface area contributed by atoms with Gasteiger partial charge in [0, 0.05) is 11.9 Å². The zero-order valence-corrected chi connectivity index (χ0v) is 7.02. The smallest absolute Gasteiger partial charge is 0.0394 e. The fourth-order valence-electron chi connectivity index (χ4n) is 0.500. The summed E-state index contributed by atoms with van der Waals surface area (Å²) in [6, 6.07) is 0. The van der Waals surface area contributed by atoms with Crippen molar-refractivity contribution in [3.8, 4) is 0 Å². The lowest BCUT2D eigenvalue weighted by atomic mass is 10.3. The molecular formula is C9H15N. The molecule has 0 aliphatic heterocycles. The predicted octanol–water partition coefficient (Wildman–Crippen LogP) is 2.95. The highest BCUT2D eigenvalue weighted by molar-refractivity contribution is 5.94. The summed E-state index contributed by atoms with van der Waals surface area (Å²) in [6.45, 7) is 9.77. The highest BCUT2D eigenvalue weighted by Crippen LogP contribution is 1.93. The second-order valence-corrected chi connectivity index (χ2v) is 2.38. The first kappa shape index (κ1) is 9.15. The van der Waals surface area contributed by atoms with Crippen LogP contribution in [0, 0.1) is 0 Å². The molecule has 0 N–H and O–H groups in total. The Labute approximate surface area is 63.2 Å². The van der Waals surface area contributed by atoms with Gasteiger partial charge in [0.1, 0.15) is 0 Å². The molecule has 1 heteroatoms. The van der Waals surface area contributed by atoms with Gasteiger partial charge < -0.3 is 0 Å². The molecule has 10 heavy (non-hydrogen) atoms. The fourth-order valence-corrected chi connectivity index (χ4v) is 0.500. The molecule has 0 radical (unpaired) electrons. The van der Waals surface area contributed by atoms with E-state index in [2.05, 4.69) is 18.5 Å². The maximum atomic E-state index is 4.20. The van der Waals surface area contributed by atoms with E-state index in [1.165, 1.54) is 5.57 Å². The van der Waals surface area contributed by atoms with Crippen LogP contribution in [-0.2, 0) is 0 Å². The summed E-state index contributed by atoms with van der Waals surface area (Å²) in [4.78, 5) is 4.20. The normalized spacial score (nSPS) is 10.9. The molecular weight excluding hydrogens is 122 g/mol. The first-order chi connectivity index (χ1) is 4.70. The maximum Gasteiger partial charge on any atom is 0.0394 e. The van der Waals surface area contributed by atoms with Crippen LogP contribution in [0.15, 0.2) is 29.4 Å². The van der Waals surface area contributed by atoms with Crippen molar-refractivity contribution in [1.29, 1.82) is 0 Å². The molecule has 0 rings (SSSR count). The molecule has 0 aliphatic rings. The summed E-state index contributed by atoms with van der Waals surface area (Å²) in [5, 5.41) is 0. The molecule has 0 atom stereocenters. The van der Waals surface area contributed by atoms with E-state index in [9.17, 15) is 0 Å². The van der Waals surface area contributed by atoms with Crippen molar-refractivity contribution in [2.75, 3.05) is 0 Å². The van der Waals surface area contributed by atoms with Crippen molar-refractivity contribution in [3.05, 3.63) is 24.4 Å². The standard InChI is InChI=1S/C9H15N/c1-5-9(6-2)10-7-8(3)4/h5,7H,1,6H2,2-4H3. The monoisotopic (exact) mass is 137 g/mol. The van der Waals surface area contributed by atoms with E-state index in [0.29, 0.717) is 0 Å². The van der Waals surface area contributed by atoms with Crippen LogP contribution >= 0.6 is 0 Å². The molecule has 0 heterocycles. The molecule has 0 spiro atoms. The third-order valence-electron chi connectivity index (χ3n) is 1.09. The van der Waals surface area contributed by atoms with Crippen molar-refractivity contribution >= 4 is 5.71 Å². The van der Waals surface area contributed by atoms with Gasteiger partial charge in [-0.2, -0.15) is 0 Å². The van der Waals surface area contributed by atoms with Gasteiger partial charge in [0.05, 0.1) is 0 Å². The number of allylic oxidation sites excluding steroid dienone is 2. The summed E-state index contributed by atoms with van der Waals surface area (Å²) < 4.78 is 0. The number of rotatable bonds is 3. The van der Waals surface area contributed by atoms with E-state index >= 15 is 0 Å². The summed E-state index contributed by atoms with van der Waals surface area (Å²) in [5.41, 5.74) is 2.26. The van der Waals surface area contributed by atoms with E-state index in [-0.39, 0.29) is 0 Å². The molecule has 0 unspecified atom stereocenters. The van der Waals surface area contributed by atoms with E-state index in [4.69, 9.17) is 0 Å². The Hall–Kier alpha value is -0.850. The van der Waals surface area contributed by atoms with Gasteiger partial charge >= 0.3 is 0 Å². The number of hydrogen-bond donors (Lipinski definition) is 0. The van der Waals surface area contributed by atoms with Gasteiger partial charge in [0.15, 0.2) is 0 Å². The van der Waals surface area contributed by atoms with E-state index < -0.39 is 0 Å². The molecule has 0 fully saturated rings. The topological polar surface area (TPSA) is 12.4 Å². The molecule has 0 saturated heterocycles. The Morgan fingerprint density at radius 1 is 1.50 bits per heavy atom. The average Bonchev–Trinajstić information content (AvgIpc) is 1.90. The van der Waals surface area contributed by atoms with Gasteiger partial charge in [-0.05, 0) is 26.3 Å². The van der Waals surface area contributed by atoms with E-state index in [1.54, 1.807) is 6.08 Å². The maximum absolute atomic E-state index is 4.20. The second-order valence-electron chi connectivity index (χ2n) is 2.38.